The smallest absolute Gasteiger partial charge is 0.163 e. The number of fused-ring (bicyclic) bond motifs is 1. The molecule has 0 saturated carbocycles. The van der Waals surface area contributed by atoms with Crippen molar-refractivity contribution >= 4 is 11.5 Å². The maximum Gasteiger partial charge on any atom is 0.163 e. The van der Waals surface area contributed by atoms with E-state index in [0.29, 0.717) is 12.4 Å². The van der Waals surface area contributed by atoms with E-state index < -0.39 is 0 Å². The first kappa shape index (κ1) is 15.3. The van der Waals surface area contributed by atoms with Crippen molar-refractivity contribution in [2.45, 2.75) is 20.4 Å². The van der Waals surface area contributed by atoms with E-state index in [0.717, 1.165) is 34.0 Å². The number of hydrogen-bond donors (Lipinski definition) is 1. The molecule has 6 nitrogen and oxygen atoms in total. The highest BCUT2D eigenvalue weighted by Crippen LogP contribution is 2.18. The first-order valence-electron chi connectivity index (χ1n) is 8.12. The average molecular weight is 330 g/mol. The molecule has 6 heteroatoms. The molecule has 0 aromatic carbocycles. The van der Waals surface area contributed by atoms with Crippen molar-refractivity contribution in [3.8, 4) is 11.4 Å². The fourth-order valence-electron chi connectivity index (χ4n) is 2.80. The van der Waals surface area contributed by atoms with E-state index in [1.165, 1.54) is 0 Å². The van der Waals surface area contributed by atoms with Gasteiger partial charge in [-0.25, -0.2) is 15.0 Å². The summed E-state index contributed by atoms with van der Waals surface area (Å²) in [6.45, 7) is 4.66. The number of rotatable bonds is 4. The lowest BCUT2D eigenvalue weighted by molar-refractivity contribution is 0.982. The maximum absolute atomic E-state index is 4.61. The molecule has 25 heavy (non-hydrogen) atoms. The van der Waals surface area contributed by atoms with Gasteiger partial charge in [-0.2, -0.15) is 0 Å². The lowest BCUT2D eigenvalue weighted by Gasteiger charge is -2.09. The zero-order valence-corrected chi connectivity index (χ0v) is 14.1. The molecule has 124 valence electrons. The van der Waals surface area contributed by atoms with Gasteiger partial charge in [-0.05, 0) is 37.6 Å². The van der Waals surface area contributed by atoms with Crippen LogP contribution in [0.3, 0.4) is 0 Å². The van der Waals surface area contributed by atoms with Gasteiger partial charge in [-0.15, -0.1) is 0 Å². The fraction of sp³-hybridized carbons (Fsp3) is 0.158. The molecule has 0 fully saturated rings. The van der Waals surface area contributed by atoms with E-state index >= 15 is 0 Å². The number of aromatic nitrogens is 5. The standard InChI is InChI=1S/C19H18N6/c1-13-5-4-8-25-16(12-22-19(13)25)11-21-17-9-14(2)23-18(24-17)15-6-3-7-20-10-15/h3-10,12H,11H2,1-2H3,(H,21,23,24). The van der Waals surface area contributed by atoms with Crippen molar-refractivity contribution in [2.24, 2.45) is 0 Å². The van der Waals surface area contributed by atoms with Crippen molar-refractivity contribution in [3.63, 3.8) is 0 Å². The predicted octanol–water partition coefficient (Wildman–Crippen LogP) is 3.42. The molecule has 1 N–H and O–H groups in total. The number of pyridine rings is 2. The third-order valence-electron chi connectivity index (χ3n) is 4.03. The van der Waals surface area contributed by atoms with Crippen LogP contribution in [0.25, 0.3) is 17.0 Å². The third kappa shape index (κ3) is 3.06. The molecular formula is C19H18N6. The van der Waals surface area contributed by atoms with Gasteiger partial charge in [-0.3, -0.25) is 4.98 Å². The largest absolute Gasteiger partial charge is 0.364 e. The molecule has 4 aromatic heterocycles. The van der Waals surface area contributed by atoms with Crippen LogP contribution in [0.5, 0.6) is 0 Å². The van der Waals surface area contributed by atoms with Gasteiger partial charge < -0.3 is 9.72 Å². The second-order valence-corrected chi connectivity index (χ2v) is 5.95. The van der Waals surface area contributed by atoms with Gasteiger partial charge in [0.15, 0.2) is 5.82 Å². The first-order chi connectivity index (χ1) is 12.2. The van der Waals surface area contributed by atoms with Crippen LogP contribution in [-0.4, -0.2) is 24.3 Å². The van der Waals surface area contributed by atoms with Crippen LogP contribution in [0, 0.1) is 13.8 Å². The number of imidazole rings is 1. The van der Waals surface area contributed by atoms with Gasteiger partial charge in [0.1, 0.15) is 11.5 Å². The Morgan fingerprint density at radius 2 is 2.00 bits per heavy atom. The number of anilines is 1. The van der Waals surface area contributed by atoms with Crippen molar-refractivity contribution in [3.05, 3.63) is 72.1 Å². The van der Waals surface area contributed by atoms with Crippen molar-refractivity contribution in [2.75, 3.05) is 5.32 Å². The predicted molar refractivity (Wildman–Crippen MR) is 97.3 cm³/mol. The number of hydrogen-bond acceptors (Lipinski definition) is 5. The summed E-state index contributed by atoms with van der Waals surface area (Å²) in [5.74, 6) is 1.46. The van der Waals surface area contributed by atoms with E-state index in [4.69, 9.17) is 0 Å². The minimum atomic E-state index is 0.632. The zero-order valence-electron chi connectivity index (χ0n) is 14.1. The van der Waals surface area contributed by atoms with Crippen molar-refractivity contribution < 1.29 is 0 Å². The highest BCUT2D eigenvalue weighted by molar-refractivity contribution is 5.56. The molecule has 0 bridgehead atoms. The van der Waals surface area contributed by atoms with E-state index in [1.807, 2.05) is 43.6 Å². The summed E-state index contributed by atoms with van der Waals surface area (Å²) >= 11 is 0. The van der Waals surface area contributed by atoms with E-state index in [-0.39, 0.29) is 0 Å². The first-order valence-corrected chi connectivity index (χ1v) is 8.12. The molecule has 4 aromatic rings. The molecule has 4 heterocycles. The lowest BCUT2D eigenvalue weighted by atomic mass is 10.2. The second kappa shape index (κ2) is 6.32. The average Bonchev–Trinajstić information content (AvgIpc) is 3.05. The Bertz CT molecular complexity index is 1020. The number of aryl methyl sites for hydroxylation is 2. The molecule has 0 amide bonds. The molecule has 0 aliphatic heterocycles. The highest BCUT2D eigenvalue weighted by atomic mass is 15.1. The third-order valence-corrected chi connectivity index (χ3v) is 4.03. The van der Waals surface area contributed by atoms with Gasteiger partial charge >= 0.3 is 0 Å². The minimum Gasteiger partial charge on any atom is -0.364 e. The van der Waals surface area contributed by atoms with Crippen molar-refractivity contribution in [1.29, 1.82) is 0 Å². The van der Waals surface area contributed by atoms with Gasteiger partial charge in [0.25, 0.3) is 0 Å². The second-order valence-electron chi connectivity index (χ2n) is 5.95. The lowest BCUT2D eigenvalue weighted by Crippen LogP contribution is -2.06. The Hall–Kier alpha value is -3.28. The summed E-state index contributed by atoms with van der Waals surface area (Å²) < 4.78 is 2.10. The quantitative estimate of drug-likeness (QED) is 0.621. The van der Waals surface area contributed by atoms with Crippen LogP contribution in [0.2, 0.25) is 0 Å². The molecule has 0 atom stereocenters. The zero-order chi connectivity index (χ0) is 17.2. The summed E-state index contributed by atoms with van der Waals surface area (Å²) in [7, 11) is 0. The van der Waals surface area contributed by atoms with Gasteiger partial charge in [-0.1, -0.05) is 6.07 Å². The van der Waals surface area contributed by atoms with Crippen LogP contribution in [0.15, 0.2) is 55.1 Å². The normalized spacial score (nSPS) is 11.0. The molecule has 0 saturated heterocycles. The number of nitrogens with one attached hydrogen (secondary N) is 1. The van der Waals surface area contributed by atoms with Gasteiger partial charge in [0, 0.05) is 35.9 Å². The van der Waals surface area contributed by atoms with Crippen LogP contribution in [0.1, 0.15) is 17.0 Å². The maximum atomic E-state index is 4.61. The Morgan fingerprint density at radius 3 is 2.84 bits per heavy atom. The summed E-state index contributed by atoms with van der Waals surface area (Å²) in [5.41, 5.74) is 5.03. The Morgan fingerprint density at radius 1 is 1.08 bits per heavy atom. The van der Waals surface area contributed by atoms with E-state index in [9.17, 15) is 0 Å². The molecular weight excluding hydrogens is 312 g/mol. The number of nitrogens with zero attached hydrogens (tertiary/aromatic N) is 5. The summed E-state index contributed by atoms with van der Waals surface area (Å²) in [6.07, 6.45) is 7.43. The van der Waals surface area contributed by atoms with Crippen LogP contribution in [0.4, 0.5) is 5.82 Å². The minimum absolute atomic E-state index is 0.632. The Labute approximate surface area is 145 Å². The Kier molecular flexibility index (Phi) is 3.85. The molecule has 4 rings (SSSR count). The molecule has 0 aliphatic rings. The molecule has 0 aliphatic carbocycles. The topological polar surface area (TPSA) is 68.0 Å². The summed E-state index contributed by atoms with van der Waals surface area (Å²) in [6, 6.07) is 9.87. The fourth-order valence-corrected chi connectivity index (χ4v) is 2.80. The van der Waals surface area contributed by atoms with E-state index in [2.05, 4.69) is 42.6 Å². The van der Waals surface area contributed by atoms with Crippen LogP contribution < -0.4 is 5.32 Å². The molecule has 0 radical (unpaired) electrons. The summed E-state index contributed by atoms with van der Waals surface area (Å²) in [5, 5.41) is 3.38. The monoisotopic (exact) mass is 330 g/mol. The summed E-state index contributed by atoms with van der Waals surface area (Å²) in [4.78, 5) is 17.7. The van der Waals surface area contributed by atoms with Gasteiger partial charge in [0.05, 0.1) is 18.4 Å². The highest BCUT2D eigenvalue weighted by Gasteiger charge is 2.08. The SMILES string of the molecule is Cc1cc(NCc2cnc3c(C)cccn23)nc(-c2cccnc2)n1. The van der Waals surface area contributed by atoms with Crippen LogP contribution >= 0.6 is 0 Å². The van der Waals surface area contributed by atoms with E-state index in [1.54, 1.807) is 12.4 Å². The Balaban J connectivity index is 1.60. The molecule has 0 spiro atoms. The van der Waals surface area contributed by atoms with Gasteiger partial charge in [0.2, 0.25) is 0 Å². The van der Waals surface area contributed by atoms with Crippen LogP contribution in [-0.2, 0) is 6.54 Å². The van der Waals surface area contributed by atoms with Crippen molar-refractivity contribution in [1.82, 2.24) is 24.3 Å². The molecule has 0 unspecified atom stereocenters.